The van der Waals surface area contributed by atoms with Gasteiger partial charge >= 0.3 is 0 Å². The van der Waals surface area contributed by atoms with E-state index in [-0.39, 0.29) is 16.8 Å². The highest BCUT2D eigenvalue weighted by Gasteiger charge is 2.33. The van der Waals surface area contributed by atoms with E-state index in [1.165, 1.54) is 0 Å². The lowest BCUT2D eigenvalue weighted by Crippen LogP contribution is -2.30. The van der Waals surface area contributed by atoms with E-state index in [9.17, 15) is 4.79 Å². The molecular formula is C11H14BrNO2. The first-order valence-corrected chi connectivity index (χ1v) is 6.02. The molecule has 3 nitrogen and oxygen atoms in total. The third-order valence-electron chi connectivity index (χ3n) is 2.81. The van der Waals surface area contributed by atoms with E-state index in [0.717, 1.165) is 24.5 Å². The number of hydrogen-bond donors (Lipinski definition) is 0. The molecular weight excluding hydrogens is 258 g/mol. The Morgan fingerprint density at radius 2 is 2.33 bits per heavy atom. The summed E-state index contributed by atoms with van der Waals surface area (Å²) < 4.78 is 5.53. The van der Waals surface area contributed by atoms with Crippen molar-refractivity contribution in [2.45, 2.75) is 31.1 Å². The first-order valence-electron chi connectivity index (χ1n) is 5.10. The molecule has 4 heteroatoms. The monoisotopic (exact) mass is 271 g/mol. The van der Waals surface area contributed by atoms with Crippen molar-refractivity contribution in [2.24, 2.45) is 0 Å². The first kappa shape index (κ1) is 10.7. The van der Waals surface area contributed by atoms with E-state index in [1.54, 1.807) is 0 Å². The molecule has 1 saturated heterocycles. The van der Waals surface area contributed by atoms with Gasteiger partial charge in [0.2, 0.25) is 5.91 Å². The van der Waals surface area contributed by atoms with Crippen LogP contribution >= 0.6 is 15.9 Å². The van der Waals surface area contributed by atoms with Crippen LogP contribution in [-0.4, -0.2) is 22.2 Å². The predicted octanol–water partition coefficient (Wildman–Crippen LogP) is 2.64. The lowest BCUT2D eigenvalue weighted by Gasteiger charge is -2.22. The number of aryl methyl sites for hydroxylation is 1. The Kier molecular flexibility index (Phi) is 2.87. The van der Waals surface area contributed by atoms with Crippen molar-refractivity contribution in [3.63, 3.8) is 0 Å². The molecule has 0 aromatic carbocycles. The number of alkyl halides is 1. The third kappa shape index (κ3) is 1.95. The molecule has 82 valence electrons. The molecule has 1 amide bonds. The average Bonchev–Trinajstić information content (AvgIpc) is 2.75. The minimum atomic E-state index is -0.0176. The van der Waals surface area contributed by atoms with E-state index in [0.29, 0.717) is 0 Å². The summed E-state index contributed by atoms with van der Waals surface area (Å²) >= 11 is 3.37. The molecule has 2 rings (SSSR count). The van der Waals surface area contributed by atoms with Gasteiger partial charge in [-0.05, 0) is 32.4 Å². The van der Waals surface area contributed by atoms with Gasteiger partial charge in [0, 0.05) is 6.54 Å². The smallest absolute Gasteiger partial charge is 0.237 e. The number of rotatable bonds is 2. The number of carbonyl (C=O) groups is 1. The molecule has 15 heavy (non-hydrogen) atoms. The maximum atomic E-state index is 11.8. The van der Waals surface area contributed by atoms with Gasteiger partial charge in [-0.2, -0.15) is 0 Å². The van der Waals surface area contributed by atoms with Crippen LogP contribution in [-0.2, 0) is 4.79 Å². The lowest BCUT2D eigenvalue weighted by atomic mass is 10.2. The minimum absolute atomic E-state index is 0.0176. The molecule has 2 atom stereocenters. The number of carbonyl (C=O) groups excluding carboxylic acids is 1. The quantitative estimate of drug-likeness (QED) is 0.775. The molecule has 0 bridgehead atoms. The maximum absolute atomic E-state index is 11.8. The fraction of sp³-hybridized carbons (Fsp3) is 0.545. The summed E-state index contributed by atoms with van der Waals surface area (Å²) in [6, 6.07) is 3.90. The summed E-state index contributed by atoms with van der Waals surface area (Å²) in [6.07, 6.45) is 0.878. The highest BCUT2D eigenvalue weighted by atomic mass is 79.9. The molecule has 0 aliphatic carbocycles. The predicted molar refractivity (Wildman–Crippen MR) is 60.9 cm³/mol. The average molecular weight is 272 g/mol. The molecule has 0 saturated carbocycles. The zero-order valence-corrected chi connectivity index (χ0v) is 10.5. The molecule has 0 spiro atoms. The van der Waals surface area contributed by atoms with Gasteiger partial charge in [0.05, 0.1) is 10.9 Å². The zero-order chi connectivity index (χ0) is 11.0. The van der Waals surface area contributed by atoms with Crippen molar-refractivity contribution in [3.8, 4) is 0 Å². The molecule has 0 N–H and O–H groups in total. The molecule has 1 aromatic heterocycles. The van der Waals surface area contributed by atoms with Crippen LogP contribution in [0.1, 0.15) is 30.9 Å². The highest BCUT2D eigenvalue weighted by Crippen LogP contribution is 2.29. The van der Waals surface area contributed by atoms with Crippen molar-refractivity contribution in [3.05, 3.63) is 23.7 Å². The lowest BCUT2D eigenvalue weighted by molar-refractivity contribution is -0.129. The summed E-state index contributed by atoms with van der Waals surface area (Å²) in [7, 11) is 0. The summed E-state index contributed by atoms with van der Waals surface area (Å²) in [5.74, 6) is 1.91. The van der Waals surface area contributed by atoms with Crippen molar-refractivity contribution in [1.82, 2.24) is 4.90 Å². The Morgan fingerprint density at radius 1 is 1.60 bits per heavy atom. The fourth-order valence-corrected chi connectivity index (χ4v) is 2.35. The Morgan fingerprint density at radius 3 is 2.80 bits per heavy atom. The number of likely N-dealkylation sites (tertiary alicyclic amines) is 1. The normalized spacial score (nSPS) is 23.5. The van der Waals surface area contributed by atoms with Crippen molar-refractivity contribution in [2.75, 3.05) is 6.54 Å². The zero-order valence-electron chi connectivity index (χ0n) is 8.87. The molecule has 2 unspecified atom stereocenters. The van der Waals surface area contributed by atoms with E-state index in [4.69, 9.17) is 4.42 Å². The molecule has 1 aromatic rings. The Bertz CT molecular complexity index is 374. The second kappa shape index (κ2) is 4.00. The largest absolute Gasteiger partial charge is 0.464 e. The number of nitrogens with zero attached hydrogens (tertiary/aromatic N) is 1. The topological polar surface area (TPSA) is 33.5 Å². The van der Waals surface area contributed by atoms with Gasteiger partial charge in [-0.3, -0.25) is 4.79 Å². The van der Waals surface area contributed by atoms with Crippen LogP contribution in [0.3, 0.4) is 0 Å². The third-order valence-corrected chi connectivity index (χ3v) is 3.66. The summed E-state index contributed by atoms with van der Waals surface area (Å²) in [4.78, 5) is 13.6. The summed E-state index contributed by atoms with van der Waals surface area (Å²) in [5, 5.41) is 0. The number of hydrogen-bond acceptors (Lipinski definition) is 2. The van der Waals surface area contributed by atoms with Crippen LogP contribution in [0, 0.1) is 6.92 Å². The number of furan rings is 1. The summed E-state index contributed by atoms with van der Waals surface area (Å²) in [5.41, 5.74) is 0. The van der Waals surface area contributed by atoms with Gasteiger partial charge in [-0.1, -0.05) is 15.9 Å². The van der Waals surface area contributed by atoms with Gasteiger partial charge in [0.1, 0.15) is 11.5 Å². The van der Waals surface area contributed by atoms with E-state index in [2.05, 4.69) is 15.9 Å². The fourth-order valence-electron chi connectivity index (χ4n) is 1.88. The standard InChI is InChI=1S/C11H14BrNO2/c1-7-3-4-10(15-7)8(2)13-6-5-9(12)11(13)14/h3-4,8-9H,5-6H2,1-2H3. The van der Waals surface area contributed by atoms with Crippen molar-refractivity contribution < 1.29 is 9.21 Å². The van der Waals surface area contributed by atoms with Gasteiger partial charge in [0.25, 0.3) is 0 Å². The van der Waals surface area contributed by atoms with Gasteiger partial charge in [0.15, 0.2) is 0 Å². The maximum Gasteiger partial charge on any atom is 0.237 e. The number of halogens is 1. The van der Waals surface area contributed by atoms with Crippen LogP contribution in [0.4, 0.5) is 0 Å². The second-order valence-electron chi connectivity index (χ2n) is 3.91. The second-order valence-corrected chi connectivity index (χ2v) is 5.02. The van der Waals surface area contributed by atoms with Crippen LogP contribution < -0.4 is 0 Å². The summed E-state index contributed by atoms with van der Waals surface area (Å²) in [6.45, 7) is 4.71. The minimum Gasteiger partial charge on any atom is -0.464 e. The molecule has 1 aliphatic heterocycles. The Balaban J connectivity index is 2.15. The molecule has 1 aliphatic rings. The van der Waals surface area contributed by atoms with Crippen molar-refractivity contribution >= 4 is 21.8 Å². The van der Waals surface area contributed by atoms with Crippen LogP contribution in [0.15, 0.2) is 16.5 Å². The Hall–Kier alpha value is -0.770. The van der Waals surface area contributed by atoms with Crippen LogP contribution in [0.5, 0.6) is 0 Å². The van der Waals surface area contributed by atoms with Crippen molar-refractivity contribution in [1.29, 1.82) is 0 Å². The highest BCUT2D eigenvalue weighted by molar-refractivity contribution is 9.10. The SMILES string of the molecule is Cc1ccc(C(C)N2CCC(Br)C2=O)o1. The van der Waals surface area contributed by atoms with E-state index >= 15 is 0 Å². The van der Waals surface area contributed by atoms with E-state index in [1.807, 2.05) is 30.9 Å². The molecule has 0 radical (unpaired) electrons. The van der Waals surface area contributed by atoms with E-state index < -0.39 is 0 Å². The van der Waals surface area contributed by atoms with Crippen LogP contribution in [0.2, 0.25) is 0 Å². The van der Waals surface area contributed by atoms with Gasteiger partial charge in [-0.25, -0.2) is 0 Å². The number of amides is 1. The Labute approximate surface area is 97.6 Å². The van der Waals surface area contributed by atoms with Gasteiger partial charge < -0.3 is 9.32 Å². The van der Waals surface area contributed by atoms with Gasteiger partial charge in [-0.15, -0.1) is 0 Å². The first-order chi connectivity index (χ1) is 7.09. The molecule has 1 fully saturated rings. The molecule has 2 heterocycles. The van der Waals surface area contributed by atoms with Crippen LogP contribution in [0.25, 0.3) is 0 Å².